The largest absolute Gasteiger partial charge is 0.504 e. The van der Waals surface area contributed by atoms with Crippen LogP contribution in [0.5, 0.6) is 11.5 Å². The highest BCUT2D eigenvalue weighted by Crippen LogP contribution is 2.35. The highest BCUT2D eigenvalue weighted by molar-refractivity contribution is 5.87. The highest BCUT2D eigenvalue weighted by Gasteiger charge is 2.17. The summed E-state index contributed by atoms with van der Waals surface area (Å²) in [6.07, 6.45) is 0. The van der Waals surface area contributed by atoms with Gasteiger partial charge in [0, 0.05) is 5.56 Å². The molecule has 7 heteroatoms. The molecule has 1 aromatic heterocycles. The Morgan fingerprint density at radius 1 is 1.50 bits per heavy atom. The second-order valence-electron chi connectivity index (χ2n) is 3.45. The molecule has 0 atom stereocenters. The minimum absolute atomic E-state index is 0.0806. The van der Waals surface area contributed by atoms with Crippen LogP contribution in [0.1, 0.15) is 10.5 Å². The van der Waals surface area contributed by atoms with Crippen molar-refractivity contribution < 1.29 is 24.1 Å². The van der Waals surface area contributed by atoms with E-state index in [1.54, 1.807) is 0 Å². The molecule has 0 bridgehead atoms. The third-order valence-electron chi connectivity index (χ3n) is 2.38. The number of carboxylic acid groups (broad SMARTS) is 1. The summed E-state index contributed by atoms with van der Waals surface area (Å²) in [5.74, 6) is -2.86. The van der Waals surface area contributed by atoms with Crippen molar-refractivity contribution in [3.8, 4) is 22.8 Å². The van der Waals surface area contributed by atoms with Crippen molar-refractivity contribution in [1.29, 1.82) is 0 Å². The van der Waals surface area contributed by atoms with E-state index in [4.69, 9.17) is 9.84 Å². The van der Waals surface area contributed by atoms with Gasteiger partial charge in [-0.1, -0.05) is 0 Å². The maximum absolute atomic E-state index is 13.6. The number of phenolic OH excluding ortho intramolecular Hbond substituents is 1. The molecule has 6 nitrogen and oxygen atoms in total. The monoisotopic (exact) mass is 252 g/mol. The lowest BCUT2D eigenvalue weighted by atomic mass is 10.1. The third-order valence-corrected chi connectivity index (χ3v) is 2.38. The van der Waals surface area contributed by atoms with E-state index < -0.39 is 17.5 Å². The topological polar surface area (TPSA) is 95.4 Å². The van der Waals surface area contributed by atoms with Crippen LogP contribution in [0.4, 0.5) is 4.39 Å². The first-order chi connectivity index (χ1) is 8.54. The highest BCUT2D eigenvalue weighted by atomic mass is 19.1. The number of carboxylic acids is 1. The molecule has 0 fully saturated rings. The number of aromatic nitrogens is 2. The summed E-state index contributed by atoms with van der Waals surface area (Å²) in [6.45, 7) is 0. The second kappa shape index (κ2) is 4.36. The molecule has 0 unspecified atom stereocenters. The lowest BCUT2D eigenvalue weighted by molar-refractivity contribution is 0.0690. The quantitative estimate of drug-likeness (QED) is 0.771. The van der Waals surface area contributed by atoms with Gasteiger partial charge < -0.3 is 14.9 Å². The van der Waals surface area contributed by atoms with Gasteiger partial charge in [-0.2, -0.15) is 9.49 Å². The van der Waals surface area contributed by atoms with E-state index in [0.717, 1.165) is 0 Å². The van der Waals surface area contributed by atoms with E-state index in [-0.39, 0.29) is 22.7 Å². The molecule has 1 aromatic carbocycles. The first-order valence-corrected chi connectivity index (χ1v) is 4.89. The number of H-pyrrole nitrogens is 1. The Bertz CT molecular complexity index is 609. The van der Waals surface area contributed by atoms with Crippen molar-refractivity contribution in [2.24, 2.45) is 0 Å². The number of hydrogen-bond acceptors (Lipinski definition) is 4. The van der Waals surface area contributed by atoms with E-state index in [9.17, 15) is 14.3 Å². The first-order valence-electron chi connectivity index (χ1n) is 4.89. The number of phenols is 1. The summed E-state index contributed by atoms with van der Waals surface area (Å²) in [5.41, 5.74) is 0.0594. The van der Waals surface area contributed by atoms with Gasteiger partial charge in [-0.05, 0) is 18.2 Å². The van der Waals surface area contributed by atoms with E-state index in [1.165, 1.54) is 25.3 Å². The van der Waals surface area contributed by atoms with E-state index in [2.05, 4.69) is 10.2 Å². The molecule has 0 saturated heterocycles. The van der Waals surface area contributed by atoms with Crippen LogP contribution in [-0.4, -0.2) is 33.5 Å². The van der Waals surface area contributed by atoms with Gasteiger partial charge in [-0.25, -0.2) is 4.79 Å². The van der Waals surface area contributed by atoms with Crippen molar-refractivity contribution >= 4 is 5.97 Å². The molecule has 0 radical (unpaired) electrons. The predicted molar refractivity (Wildman–Crippen MR) is 59.2 cm³/mol. The predicted octanol–water partition coefficient (Wildman–Crippen LogP) is 1.63. The van der Waals surface area contributed by atoms with E-state index in [0.29, 0.717) is 0 Å². The van der Waals surface area contributed by atoms with Crippen molar-refractivity contribution in [1.82, 2.24) is 10.2 Å². The lowest BCUT2D eigenvalue weighted by Gasteiger charge is -2.06. The Labute approximate surface area is 101 Å². The Balaban J connectivity index is 2.50. The van der Waals surface area contributed by atoms with Gasteiger partial charge in [-0.15, -0.1) is 0 Å². The van der Waals surface area contributed by atoms with Gasteiger partial charge in [0.15, 0.2) is 11.5 Å². The number of rotatable bonds is 3. The first kappa shape index (κ1) is 11.9. The lowest BCUT2D eigenvalue weighted by Crippen LogP contribution is -1.95. The molecular weight excluding hydrogens is 243 g/mol. The number of ether oxygens (including phenoxy) is 1. The summed E-state index contributed by atoms with van der Waals surface area (Å²) in [6, 6.07) is 3.90. The maximum Gasteiger partial charge on any atom is 0.353 e. The van der Waals surface area contributed by atoms with E-state index in [1.807, 2.05) is 0 Å². The maximum atomic E-state index is 13.6. The Hall–Kier alpha value is -2.57. The van der Waals surface area contributed by atoms with Crippen LogP contribution in [0.15, 0.2) is 18.2 Å². The molecule has 0 amide bonds. The molecule has 1 heterocycles. The van der Waals surface area contributed by atoms with Crippen LogP contribution in [0, 0.1) is 5.82 Å². The molecule has 18 heavy (non-hydrogen) atoms. The van der Waals surface area contributed by atoms with Crippen molar-refractivity contribution in [2.75, 3.05) is 7.11 Å². The van der Waals surface area contributed by atoms with Crippen molar-refractivity contribution in [3.05, 3.63) is 29.7 Å². The average molecular weight is 252 g/mol. The van der Waals surface area contributed by atoms with Crippen LogP contribution in [0.25, 0.3) is 11.3 Å². The van der Waals surface area contributed by atoms with Crippen LogP contribution in [0.3, 0.4) is 0 Å². The number of aromatic amines is 1. The summed E-state index contributed by atoms with van der Waals surface area (Å²) in [5, 5.41) is 24.3. The van der Waals surface area contributed by atoms with Crippen molar-refractivity contribution in [2.45, 2.75) is 0 Å². The van der Waals surface area contributed by atoms with Crippen LogP contribution >= 0.6 is 0 Å². The smallest absolute Gasteiger partial charge is 0.353 e. The van der Waals surface area contributed by atoms with Crippen molar-refractivity contribution in [3.63, 3.8) is 0 Å². The number of hydrogen-bond donors (Lipinski definition) is 3. The summed E-state index contributed by atoms with van der Waals surface area (Å²) < 4.78 is 18.3. The number of methoxy groups -OCH3 is 1. The Kier molecular flexibility index (Phi) is 2.88. The fourth-order valence-electron chi connectivity index (χ4n) is 1.48. The fourth-order valence-corrected chi connectivity index (χ4v) is 1.48. The number of benzene rings is 1. The fraction of sp³-hybridized carbons (Fsp3) is 0.0909. The number of nitrogens with one attached hydrogen (secondary N) is 1. The molecule has 2 rings (SSSR count). The van der Waals surface area contributed by atoms with Gasteiger partial charge >= 0.3 is 5.97 Å². The molecule has 94 valence electrons. The van der Waals surface area contributed by atoms with Gasteiger partial charge in [0.05, 0.1) is 12.8 Å². The molecule has 3 N–H and O–H groups in total. The minimum atomic E-state index is -1.19. The van der Waals surface area contributed by atoms with Gasteiger partial charge in [0.2, 0.25) is 5.82 Å². The molecule has 2 aromatic rings. The second-order valence-corrected chi connectivity index (χ2v) is 3.45. The summed E-state index contributed by atoms with van der Waals surface area (Å²) >= 11 is 0. The molecule has 0 aliphatic carbocycles. The van der Waals surface area contributed by atoms with Gasteiger partial charge in [-0.3, -0.25) is 5.10 Å². The van der Waals surface area contributed by atoms with Crippen LogP contribution in [0.2, 0.25) is 0 Å². The Morgan fingerprint density at radius 2 is 2.22 bits per heavy atom. The van der Waals surface area contributed by atoms with Crippen LogP contribution < -0.4 is 4.74 Å². The number of nitrogens with zero attached hydrogens (tertiary/aromatic N) is 1. The average Bonchev–Trinajstić information content (AvgIpc) is 2.82. The van der Waals surface area contributed by atoms with Gasteiger partial charge in [0.25, 0.3) is 0 Å². The SMILES string of the molecule is COc1ccc(-c2cc(C(=O)O)[nH]n2)c(O)c1F. The zero-order valence-corrected chi connectivity index (χ0v) is 9.27. The summed E-state index contributed by atoms with van der Waals surface area (Å²) in [7, 11) is 1.27. The number of aromatic carboxylic acids is 1. The molecular formula is C11H9FN2O4. The molecule has 0 aliphatic heterocycles. The van der Waals surface area contributed by atoms with E-state index >= 15 is 0 Å². The van der Waals surface area contributed by atoms with Gasteiger partial charge in [0.1, 0.15) is 5.69 Å². The Morgan fingerprint density at radius 3 is 2.78 bits per heavy atom. The normalized spacial score (nSPS) is 10.3. The minimum Gasteiger partial charge on any atom is -0.504 e. The zero-order chi connectivity index (χ0) is 13.3. The molecule has 0 saturated carbocycles. The molecule has 0 aliphatic rings. The number of halogens is 1. The summed E-state index contributed by atoms with van der Waals surface area (Å²) in [4.78, 5) is 10.7. The standard InChI is InChI=1S/C11H9FN2O4/c1-18-8-3-2-5(10(15)9(8)12)6-4-7(11(16)17)14-13-6/h2-4,15H,1H3,(H,13,14)(H,16,17). The number of carbonyl (C=O) groups is 1. The number of aromatic hydroxyl groups is 1. The van der Waals surface area contributed by atoms with Crippen LogP contribution in [-0.2, 0) is 0 Å². The third kappa shape index (κ3) is 1.86. The zero-order valence-electron chi connectivity index (χ0n) is 9.27. The molecule has 0 spiro atoms.